The molecule has 0 amide bonds. The number of ether oxygens (including phenoxy) is 1. The second-order valence-electron chi connectivity index (χ2n) is 4.46. The van der Waals surface area contributed by atoms with Crippen LogP contribution in [0.4, 0.5) is 0 Å². The lowest BCUT2D eigenvalue weighted by molar-refractivity contribution is 0.322. The molecule has 3 heterocycles. The molecule has 2 aromatic heterocycles. The highest BCUT2D eigenvalue weighted by Gasteiger charge is 2.22. The standard InChI is InChI=1S/C12H15N5O2/c1-18-10-5-4-9(15-16-10)11-14-12(19-17-11)8-3-2-6-13-7-8/h4-5,8,13H,2-3,6-7H2,1H3/t8-/m1/s1. The Morgan fingerprint density at radius 3 is 3.00 bits per heavy atom. The van der Waals surface area contributed by atoms with E-state index in [4.69, 9.17) is 9.26 Å². The van der Waals surface area contributed by atoms with Crippen LogP contribution >= 0.6 is 0 Å². The van der Waals surface area contributed by atoms with Crippen LogP contribution in [0.5, 0.6) is 5.88 Å². The molecule has 2 aromatic rings. The van der Waals surface area contributed by atoms with Crippen LogP contribution in [0.2, 0.25) is 0 Å². The Morgan fingerprint density at radius 1 is 1.37 bits per heavy atom. The average Bonchev–Trinajstić information content (AvgIpc) is 2.98. The van der Waals surface area contributed by atoms with Crippen LogP contribution in [0.15, 0.2) is 16.7 Å². The number of nitrogens with one attached hydrogen (secondary N) is 1. The minimum Gasteiger partial charge on any atom is -0.480 e. The van der Waals surface area contributed by atoms with Crippen LogP contribution in [0.1, 0.15) is 24.7 Å². The molecule has 1 saturated heterocycles. The van der Waals surface area contributed by atoms with Gasteiger partial charge in [-0.3, -0.25) is 0 Å². The van der Waals surface area contributed by atoms with Crippen molar-refractivity contribution < 1.29 is 9.26 Å². The van der Waals surface area contributed by atoms with Crippen LogP contribution < -0.4 is 10.1 Å². The molecular weight excluding hydrogens is 246 g/mol. The van der Waals surface area contributed by atoms with Crippen LogP contribution in [-0.4, -0.2) is 40.5 Å². The maximum Gasteiger partial charge on any atom is 0.233 e. The minimum atomic E-state index is 0.293. The first-order chi connectivity index (χ1) is 9.36. The summed E-state index contributed by atoms with van der Waals surface area (Å²) in [7, 11) is 1.55. The van der Waals surface area contributed by atoms with Crippen molar-refractivity contribution in [2.24, 2.45) is 0 Å². The Bertz CT molecular complexity index is 533. The van der Waals surface area contributed by atoms with Gasteiger partial charge in [-0.1, -0.05) is 5.16 Å². The van der Waals surface area contributed by atoms with Crippen LogP contribution in [0.25, 0.3) is 11.5 Å². The molecule has 0 radical (unpaired) electrons. The Balaban J connectivity index is 1.79. The number of rotatable bonds is 3. The molecule has 100 valence electrons. The molecule has 7 nitrogen and oxygen atoms in total. The summed E-state index contributed by atoms with van der Waals surface area (Å²) in [5, 5.41) is 15.2. The molecule has 1 fully saturated rings. The van der Waals surface area contributed by atoms with Gasteiger partial charge in [0.05, 0.1) is 13.0 Å². The van der Waals surface area contributed by atoms with Crippen molar-refractivity contribution in [2.45, 2.75) is 18.8 Å². The van der Waals surface area contributed by atoms with Crippen LogP contribution in [0.3, 0.4) is 0 Å². The van der Waals surface area contributed by atoms with Crippen molar-refractivity contribution in [3.05, 3.63) is 18.0 Å². The van der Waals surface area contributed by atoms with Gasteiger partial charge in [0.25, 0.3) is 0 Å². The molecular formula is C12H15N5O2. The maximum atomic E-state index is 5.31. The van der Waals surface area contributed by atoms with E-state index in [0.29, 0.717) is 29.2 Å². The van der Waals surface area contributed by atoms with Crippen LogP contribution in [0, 0.1) is 0 Å². The second kappa shape index (κ2) is 5.31. The molecule has 1 aliphatic heterocycles. The lowest BCUT2D eigenvalue weighted by atomic mass is 10.00. The van der Waals surface area contributed by atoms with Gasteiger partial charge in [-0.15, -0.1) is 10.2 Å². The number of nitrogens with zero attached hydrogens (tertiary/aromatic N) is 4. The fourth-order valence-electron chi connectivity index (χ4n) is 2.12. The summed E-state index contributed by atoms with van der Waals surface area (Å²) in [6.07, 6.45) is 2.20. The van der Waals surface area contributed by atoms with Gasteiger partial charge in [0.2, 0.25) is 17.6 Å². The molecule has 1 aliphatic rings. The summed E-state index contributed by atoms with van der Waals surface area (Å²) in [4.78, 5) is 4.40. The van der Waals surface area contributed by atoms with Gasteiger partial charge in [0.15, 0.2) is 0 Å². The fraction of sp³-hybridized carbons (Fsp3) is 0.500. The number of aromatic nitrogens is 4. The summed E-state index contributed by atoms with van der Waals surface area (Å²) in [5.41, 5.74) is 0.583. The van der Waals surface area contributed by atoms with E-state index in [1.807, 2.05) is 0 Å². The first-order valence-electron chi connectivity index (χ1n) is 6.29. The Hall–Kier alpha value is -2.02. The predicted octanol–water partition coefficient (Wildman–Crippen LogP) is 1.00. The zero-order chi connectivity index (χ0) is 13.1. The SMILES string of the molecule is COc1ccc(-c2noc([C@@H]3CCCNC3)n2)nn1. The summed E-state index contributed by atoms with van der Waals surface area (Å²) >= 11 is 0. The number of hydrogen-bond acceptors (Lipinski definition) is 7. The number of hydrogen-bond donors (Lipinski definition) is 1. The van der Waals surface area contributed by atoms with E-state index < -0.39 is 0 Å². The molecule has 0 aromatic carbocycles. The van der Waals surface area contributed by atoms with Crippen molar-refractivity contribution in [3.8, 4) is 17.4 Å². The molecule has 1 atom stereocenters. The maximum absolute atomic E-state index is 5.31. The van der Waals surface area contributed by atoms with Gasteiger partial charge in [0, 0.05) is 12.6 Å². The van der Waals surface area contributed by atoms with E-state index in [1.165, 1.54) is 0 Å². The molecule has 0 unspecified atom stereocenters. The van der Waals surface area contributed by atoms with Crippen LogP contribution in [-0.2, 0) is 0 Å². The molecule has 3 rings (SSSR count). The zero-order valence-corrected chi connectivity index (χ0v) is 10.7. The highest BCUT2D eigenvalue weighted by atomic mass is 16.5. The van der Waals surface area contributed by atoms with E-state index in [-0.39, 0.29) is 0 Å². The topological polar surface area (TPSA) is 86.0 Å². The smallest absolute Gasteiger partial charge is 0.233 e. The van der Waals surface area contributed by atoms with Crippen molar-refractivity contribution in [2.75, 3.05) is 20.2 Å². The van der Waals surface area contributed by atoms with Crippen molar-refractivity contribution in [3.63, 3.8) is 0 Å². The second-order valence-corrected chi connectivity index (χ2v) is 4.46. The normalized spacial score (nSPS) is 19.3. The highest BCUT2D eigenvalue weighted by molar-refractivity contribution is 5.47. The third-order valence-corrected chi connectivity index (χ3v) is 3.17. The van der Waals surface area contributed by atoms with E-state index in [1.54, 1.807) is 19.2 Å². The molecule has 0 spiro atoms. The monoisotopic (exact) mass is 261 g/mol. The summed E-state index contributed by atoms with van der Waals surface area (Å²) in [5.74, 6) is 1.89. The molecule has 7 heteroatoms. The molecule has 19 heavy (non-hydrogen) atoms. The quantitative estimate of drug-likeness (QED) is 0.882. The third-order valence-electron chi connectivity index (χ3n) is 3.17. The molecule has 0 bridgehead atoms. The van der Waals surface area contributed by atoms with Crippen molar-refractivity contribution in [1.82, 2.24) is 25.7 Å². The van der Waals surface area contributed by atoms with Gasteiger partial charge >= 0.3 is 0 Å². The molecule has 1 N–H and O–H groups in total. The third kappa shape index (κ3) is 2.55. The predicted molar refractivity (Wildman–Crippen MR) is 66.7 cm³/mol. The Labute approximate surface area is 110 Å². The fourth-order valence-corrected chi connectivity index (χ4v) is 2.12. The molecule has 0 saturated carbocycles. The van der Waals surface area contributed by atoms with E-state index in [9.17, 15) is 0 Å². The Morgan fingerprint density at radius 2 is 2.32 bits per heavy atom. The largest absolute Gasteiger partial charge is 0.480 e. The van der Waals surface area contributed by atoms with Gasteiger partial charge < -0.3 is 14.6 Å². The number of piperidine rings is 1. The zero-order valence-electron chi connectivity index (χ0n) is 10.7. The Kier molecular flexibility index (Phi) is 3.37. The highest BCUT2D eigenvalue weighted by Crippen LogP contribution is 2.23. The molecule has 0 aliphatic carbocycles. The summed E-state index contributed by atoms with van der Waals surface area (Å²) in [6.45, 7) is 1.94. The van der Waals surface area contributed by atoms with E-state index >= 15 is 0 Å². The van der Waals surface area contributed by atoms with E-state index in [2.05, 4.69) is 25.7 Å². The van der Waals surface area contributed by atoms with Gasteiger partial charge in [-0.25, -0.2) is 0 Å². The van der Waals surface area contributed by atoms with E-state index in [0.717, 1.165) is 25.9 Å². The lowest BCUT2D eigenvalue weighted by Gasteiger charge is -2.18. The van der Waals surface area contributed by atoms with Crippen molar-refractivity contribution >= 4 is 0 Å². The van der Waals surface area contributed by atoms with Gasteiger partial charge in [-0.2, -0.15) is 4.98 Å². The van der Waals surface area contributed by atoms with Gasteiger partial charge in [0.1, 0.15) is 5.69 Å². The first-order valence-corrected chi connectivity index (χ1v) is 6.29. The first kappa shape index (κ1) is 12.0. The summed E-state index contributed by atoms with van der Waals surface area (Å²) < 4.78 is 10.3. The average molecular weight is 261 g/mol. The van der Waals surface area contributed by atoms with Crippen molar-refractivity contribution in [1.29, 1.82) is 0 Å². The minimum absolute atomic E-state index is 0.293. The van der Waals surface area contributed by atoms with Gasteiger partial charge in [-0.05, 0) is 25.5 Å². The lowest BCUT2D eigenvalue weighted by Crippen LogP contribution is -2.28. The summed E-state index contributed by atoms with van der Waals surface area (Å²) in [6, 6.07) is 3.49. The number of methoxy groups -OCH3 is 1.